The van der Waals surface area contributed by atoms with Crippen molar-refractivity contribution in [2.24, 2.45) is 0 Å². The maximum Gasteiger partial charge on any atom is 0.342 e. The van der Waals surface area contributed by atoms with Gasteiger partial charge in [-0.2, -0.15) is 0 Å². The molecule has 0 saturated heterocycles. The van der Waals surface area contributed by atoms with Gasteiger partial charge in [-0.25, -0.2) is 4.79 Å². The zero-order valence-electron chi connectivity index (χ0n) is 7.88. The molecule has 0 atom stereocenters. The molecule has 1 amide bonds. The average molecular weight is 203 g/mol. The second-order valence-electron chi connectivity index (χ2n) is 3.27. The summed E-state index contributed by atoms with van der Waals surface area (Å²) in [5.74, 6) is -1.59. The summed E-state index contributed by atoms with van der Waals surface area (Å²) in [5, 5.41) is 8.57. The van der Waals surface area contributed by atoms with Gasteiger partial charge in [-0.3, -0.25) is 4.79 Å². The molecule has 1 aromatic rings. The molecule has 0 unspecified atom stereocenters. The first-order valence-corrected chi connectivity index (χ1v) is 4.48. The standard InChI is InChI=1S/C11H9NO3/c13-10-9(11(14)15)7-12(10)6-8-4-2-1-3-5-8/h1-5,7H,6H2,(H,14,15). The third kappa shape index (κ3) is 1.74. The first-order valence-electron chi connectivity index (χ1n) is 4.48. The van der Waals surface area contributed by atoms with Crippen molar-refractivity contribution in [2.75, 3.05) is 0 Å². The maximum atomic E-state index is 11.3. The Bertz CT molecular complexity index is 436. The van der Waals surface area contributed by atoms with Crippen molar-refractivity contribution in [3.8, 4) is 0 Å². The first kappa shape index (κ1) is 9.45. The fourth-order valence-electron chi connectivity index (χ4n) is 1.40. The lowest BCUT2D eigenvalue weighted by molar-refractivity contribution is -0.139. The number of nitrogens with zero attached hydrogens (tertiary/aromatic N) is 1. The summed E-state index contributed by atoms with van der Waals surface area (Å²) in [5.41, 5.74) is 0.831. The van der Waals surface area contributed by atoms with Crippen LogP contribution in [0.25, 0.3) is 0 Å². The molecule has 0 fully saturated rings. The Balaban J connectivity index is 2.06. The lowest BCUT2D eigenvalue weighted by atomic mass is 10.1. The van der Waals surface area contributed by atoms with E-state index in [0.29, 0.717) is 6.54 Å². The lowest BCUT2D eigenvalue weighted by Crippen LogP contribution is -2.39. The van der Waals surface area contributed by atoms with E-state index in [4.69, 9.17) is 5.11 Å². The van der Waals surface area contributed by atoms with Gasteiger partial charge < -0.3 is 10.0 Å². The third-order valence-electron chi connectivity index (χ3n) is 2.20. The zero-order chi connectivity index (χ0) is 10.8. The van der Waals surface area contributed by atoms with Crippen LogP contribution in [0.5, 0.6) is 0 Å². The minimum atomic E-state index is -1.16. The molecule has 4 heteroatoms. The van der Waals surface area contributed by atoms with Crippen molar-refractivity contribution in [3.05, 3.63) is 47.7 Å². The Kier molecular flexibility index (Phi) is 2.25. The minimum Gasteiger partial charge on any atom is -0.477 e. The van der Waals surface area contributed by atoms with Crippen LogP contribution in [0.1, 0.15) is 5.56 Å². The number of hydrogen-bond acceptors (Lipinski definition) is 2. The Hall–Kier alpha value is -2.10. The van der Waals surface area contributed by atoms with E-state index >= 15 is 0 Å². The molecular formula is C11H9NO3. The number of carboxylic acid groups (broad SMARTS) is 1. The molecule has 4 nitrogen and oxygen atoms in total. The zero-order valence-corrected chi connectivity index (χ0v) is 7.88. The highest BCUT2D eigenvalue weighted by Crippen LogP contribution is 2.18. The van der Waals surface area contributed by atoms with Gasteiger partial charge in [0.15, 0.2) is 0 Å². The molecule has 2 rings (SSSR count). The van der Waals surface area contributed by atoms with E-state index in [1.807, 2.05) is 30.3 Å². The van der Waals surface area contributed by atoms with Crippen LogP contribution in [0.3, 0.4) is 0 Å². The van der Waals surface area contributed by atoms with E-state index in [-0.39, 0.29) is 5.57 Å². The van der Waals surface area contributed by atoms with Crippen LogP contribution in [-0.2, 0) is 16.1 Å². The molecule has 0 spiro atoms. The molecular weight excluding hydrogens is 194 g/mol. The van der Waals surface area contributed by atoms with E-state index in [2.05, 4.69) is 0 Å². The second kappa shape index (κ2) is 3.57. The minimum absolute atomic E-state index is 0.147. The van der Waals surface area contributed by atoms with Crippen LogP contribution in [0, 0.1) is 0 Å². The summed E-state index contributed by atoms with van der Waals surface area (Å²) in [6.07, 6.45) is 1.36. The van der Waals surface area contributed by atoms with Crippen LogP contribution < -0.4 is 0 Å². The third-order valence-corrected chi connectivity index (χ3v) is 2.20. The molecule has 0 aliphatic carbocycles. The summed E-state index contributed by atoms with van der Waals surface area (Å²) < 4.78 is 0. The molecule has 1 aliphatic rings. The highest BCUT2D eigenvalue weighted by atomic mass is 16.4. The van der Waals surface area contributed by atoms with Gasteiger partial charge in [0, 0.05) is 6.20 Å². The van der Waals surface area contributed by atoms with Crippen molar-refractivity contribution in [1.29, 1.82) is 0 Å². The Morgan fingerprint density at radius 2 is 1.93 bits per heavy atom. The number of aliphatic carboxylic acids is 1. The van der Waals surface area contributed by atoms with E-state index in [9.17, 15) is 9.59 Å². The quantitative estimate of drug-likeness (QED) is 0.745. The summed E-state index contributed by atoms with van der Waals surface area (Å²) >= 11 is 0. The summed E-state index contributed by atoms with van der Waals surface area (Å²) in [4.78, 5) is 23.1. The largest absolute Gasteiger partial charge is 0.477 e. The Morgan fingerprint density at radius 3 is 2.47 bits per heavy atom. The van der Waals surface area contributed by atoms with Gasteiger partial charge >= 0.3 is 5.97 Å². The smallest absolute Gasteiger partial charge is 0.342 e. The number of benzene rings is 1. The van der Waals surface area contributed by atoms with Crippen molar-refractivity contribution in [1.82, 2.24) is 4.90 Å². The Morgan fingerprint density at radius 1 is 1.27 bits per heavy atom. The number of amides is 1. The highest BCUT2D eigenvalue weighted by molar-refractivity contribution is 6.19. The van der Waals surface area contributed by atoms with Crippen LogP contribution in [-0.4, -0.2) is 21.9 Å². The topological polar surface area (TPSA) is 57.6 Å². The number of hydrogen-bond donors (Lipinski definition) is 1. The fraction of sp³-hybridized carbons (Fsp3) is 0.0909. The number of carbonyl (C=O) groups excluding carboxylic acids is 1. The molecule has 1 aliphatic heterocycles. The average Bonchev–Trinajstić information content (AvgIpc) is 2.24. The monoisotopic (exact) mass is 203 g/mol. The molecule has 1 aromatic carbocycles. The van der Waals surface area contributed by atoms with Gasteiger partial charge in [0.1, 0.15) is 5.57 Å². The SMILES string of the molecule is O=C(O)C1=CN(Cc2ccccc2)C1=O. The van der Waals surface area contributed by atoms with E-state index in [0.717, 1.165) is 5.56 Å². The van der Waals surface area contributed by atoms with E-state index < -0.39 is 11.9 Å². The number of rotatable bonds is 3. The van der Waals surface area contributed by atoms with Gasteiger partial charge in [0.2, 0.25) is 0 Å². The van der Waals surface area contributed by atoms with Crippen LogP contribution in [0.15, 0.2) is 42.1 Å². The number of carbonyl (C=O) groups is 2. The van der Waals surface area contributed by atoms with Crippen molar-refractivity contribution in [3.63, 3.8) is 0 Å². The number of carboxylic acids is 1. The predicted molar refractivity (Wildman–Crippen MR) is 52.7 cm³/mol. The summed E-state index contributed by atoms with van der Waals surface area (Å²) in [6, 6.07) is 9.42. The molecule has 1 N–H and O–H groups in total. The molecule has 0 bridgehead atoms. The predicted octanol–water partition coefficient (Wildman–Crippen LogP) is 0.997. The van der Waals surface area contributed by atoms with E-state index in [1.165, 1.54) is 11.1 Å². The molecule has 15 heavy (non-hydrogen) atoms. The van der Waals surface area contributed by atoms with Crippen LogP contribution in [0.2, 0.25) is 0 Å². The van der Waals surface area contributed by atoms with Crippen molar-refractivity contribution >= 4 is 11.9 Å². The highest BCUT2D eigenvalue weighted by Gasteiger charge is 2.31. The molecule has 0 radical (unpaired) electrons. The lowest BCUT2D eigenvalue weighted by Gasteiger charge is -2.26. The summed E-state index contributed by atoms with van der Waals surface area (Å²) in [7, 11) is 0. The molecule has 0 saturated carbocycles. The van der Waals surface area contributed by atoms with Gasteiger partial charge in [-0.1, -0.05) is 30.3 Å². The van der Waals surface area contributed by atoms with Crippen molar-refractivity contribution in [2.45, 2.75) is 6.54 Å². The van der Waals surface area contributed by atoms with Crippen molar-refractivity contribution < 1.29 is 14.7 Å². The van der Waals surface area contributed by atoms with Gasteiger partial charge in [-0.15, -0.1) is 0 Å². The van der Waals surface area contributed by atoms with Gasteiger partial charge in [0.25, 0.3) is 5.91 Å². The van der Waals surface area contributed by atoms with Crippen LogP contribution in [0.4, 0.5) is 0 Å². The molecule has 0 aromatic heterocycles. The van der Waals surface area contributed by atoms with Crippen LogP contribution >= 0.6 is 0 Å². The first-order chi connectivity index (χ1) is 7.18. The van der Waals surface area contributed by atoms with Gasteiger partial charge in [0.05, 0.1) is 6.54 Å². The van der Waals surface area contributed by atoms with E-state index in [1.54, 1.807) is 0 Å². The van der Waals surface area contributed by atoms with Gasteiger partial charge in [-0.05, 0) is 5.56 Å². The maximum absolute atomic E-state index is 11.3. The fourth-order valence-corrected chi connectivity index (χ4v) is 1.40. The molecule has 76 valence electrons. The molecule has 1 heterocycles. The normalized spacial score (nSPS) is 14.5. The summed E-state index contributed by atoms with van der Waals surface area (Å²) in [6.45, 7) is 0.427. The Labute approximate surface area is 86.4 Å². The second-order valence-corrected chi connectivity index (χ2v) is 3.27.